The van der Waals surface area contributed by atoms with Gasteiger partial charge in [-0.1, -0.05) is 30.7 Å². The zero-order chi connectivity index (χ0) is 22.3. The van der Waals surface area contributed by atoms with Crippen LogP contribution in [0.5, 0.6) is 5.75 Å². The molecule has 3 aromatic rings. The molecule has 5 nitrogen and oxygen atoms in total. The third-order valence-corrected chi connectivity index (χ3v) is 10.7. The molecule has 3 aromatic carbocycles. The van der Waals surface area contributed by atoms with E-state index in [1.807, 2.05) is 24.3 Å². The highest BCUT2D eigenvalue weighted by atomic mass is 127. The van der Waals surface area contributed by atoms with Crippen molar-refractivity contribution in [3.8, 4) is 5.75 Å². The maximum atomic E-state index is 13.3. The number of fused-ring (bicyclic) bond motifs is 2. The minimum atomic E-state index is -4.60. The second-order valence-electron chi connectivity index (χ2n) is 7.29. The highest BCUT2D eigenvalue weighted by Crippen LogP contribution is 2.37. The first-order valence-corrected chi connectivity index (χ1v) is 14.2. The predicted octanol–water partition coefficient (Wildman–Crippen LogP) is 6.05. The summed E-state index contributed by atoms with van der Waals surface area (Å²) in [6, 6.07) is 10.6. The lowest BCUT2D eigenvalue weighted by Gasteiger charge is -2.19. The Morgan fingerprint density at radius 2 is 1.45 bits per heavy atom. The van der Waals surface area contributed by atoms with E-state index in [-0.39, 0.29) is 4.90 Å². The van der Waals surface area contributed by atoms with Gasteiger partial charge in [-0.3, -0.25) is 0 Å². The van der Waals surface area contributed by atoms with Gasteiger partial charge in [0.15, 0.2) is 0 Å². The number of carbonyl (C=O) groups excluding carboxylic acids is 1. The van der Waals surface area contributed by atoms with E-state index in [9.17, 15) is 17.8 Å². The molecular formula is C22H16I3O5S-. The highest BCUT2D eigenvalue weighted by molar-refractivity contribution is 14.1. The van der Waals surface area contributed by atoms with Crippen molar-refractivity contribution in [2.45, 2.75) is 37.0 Å². The van der Waals surface area contributed by atoms with Crippen molar-refractivity contribution in [1.29, 1.82) is 0 Å². The van der Waals surface area contributed by atoms with Crippen molar-refractivity contribution in [2.24, 2.45) is 0 Å². The van der Waals surface area contributed by atoms with Gasteiger partial charge in [-0.05, 0) is 127 Å². The lowest BCUT2D eigenvalue weighted by atomic mass is 10.0. The Bertz CT molecular complexity index is 1320. The average molecular weight is 773 g/mol. The van der Waals surface area contributed by atoms with Crippen molar-refractivity contribution in [1.82, 2.24) is 0 Å². The third kappa shape index (κ3) is 4.62. The first-order valence-electron chi connectivity index (χ1n) is 9.58. The van der Waals surface area contributed by atoms with E-state index >= 15 is 0 Å². The van der Waals surface area contributed by atoms with E-state index < -0.39 is 16.1 Å². The van der Waals surface area contributed by atoms with Crippen LogP contribution in [-0.4, -0.2) is 18.9 Å². The molecule has 0 saturated carbocycles. The maximum Gasteiger partial charge on any atom is 0.345 e. The van der Waals surface area contributed by atoms with Crippen molar-refractivity contribution in [3.05, 3.63) is 63.8 Å². The summed E-state index contributed by atoms with van der Waals surface area (Å²) in [5.41, 5.74) is 1.64. The van der Waals surface area contributed by atoms with Crippen molar-refractivity contribution < 1.29 is 22.5 Å². The van der Waals surface area contributed by atoms with E-state index in [1.54, 1.807) is 0 Å². The molecule has 0 heterocycles. The van der Waals surface area contributed by atoms with E-state index in [2.05, 4.69) is 67.8 Å². The third-order valence-electron chi connectivity index (χ3n) is 5.41. The van der Waals surface area contributed by atoms with Crippen LogP contribution in [0, 0.1) is 10.7 Å². The Hall–Kier alpha value is -0.510. The molecule has 31 heavy (non-hydrogen) atoms. The number of hydrogen-bond donors (Lipinski definition) is 0. The van der Waals surface area contributed by atoms with Crippen LogP contribution < -0.4 is 4.74 Å². The molecule has 0 saturated heterocycles. The molecule has 1 aliphatic carbocycles. The quantitative estimate of drug-likeness (QED) is 0.0810. The van der Waals surface area contributed by atoms with Gasteiger partial charge in [0, 0.05) is 10.7 Å². The molecule has 0 atom stereocenters. The van der Waals surface area contributed by atoms with Crippen molar-refractivity contribution >= 4 is 94.6 Å². The van der Waals surface area contributed by atoms with E-state index in [4.69, 9.17) is 4.74 Å². The molecule has 0 aliphatic heterocycles. The lowest BCUT2D eigenvalue weighted by Crippen LogP contribution is -2.16. The predicted molar refractivity (Wildman–Crippen MR) is 143 cm³/mol. The minimum absolute atomic E-state index is 0.200. The van der Waals surface area contributed by atoms with Gasteiger partial charge in [0.25, 0.3) is 0 Å². The van der Waals surface area contributed by atoms with Crippen LogP contribution in [0.3, 0.4) is 0 Å². The van der Waals surface area contributed by atoms with Gasteiger partial charge in [-0.2, -0.15) is 0 Å². The number of carbonyl (C=O) groups is 1. The number of benzene rings is 3. The fourth-order valence-electron chi connectivity index (χ4n) is 3.96. The van der Waals surface area contributed by atoms with Crippen LogP contribution in [0.4, 0.5) is 0 Å². The Kier molecular flexibility index (Phi) is 7.16. The Morgan fingerprint density at radius 1 is 0.839 bits per heavy atom. The van der Waals surface area contributed by atoms with Crippen LogP contribution in [0.2, 0.25) is 0 Å². The molecule has 162 valence electrons. The lowest BCUT2D eigenvalue weighted by molar-refractivity contribution is 0.0731. The normalized spacial score (nSPS) is 14.2. The molecule has 0 spiro atoms. The largest absolute Gasteiger partial charge is 0.744 e. The zero-order valence-electron chi connectivity index (χ0n) is 16.1. The summed E-state index contributed by atoms with van der Waals surface area (Å²) >= 11 is 6.58. The van der Waals surface area contributed by atoms with Crippen molar-refractivity contribution in [3.63, 3.8) is 0 Å². The SMILES string of the molecule is O=C(Oc1ccc(S(=O)(=O)[O-])c2c1CCCCC2)c1c(I)c(I)c2ccccc2c1I. The van der Waals surface area contributed by atoms with Crippen LogP contribution >= 0.6 is 67.8 Å². The van der Waals surface area contributed by atoms with Crippen LogP contribution in [0.15, 0.2) is 41.3 Å². The molecule has 0 amide bonds. The first-order chi connectivity index (χ1) is 14.7. The summed E-state index contributed by atoms with van der Waals surface area (Å²) in [5.74, 6) is -0.147. The zero-order valence-corrected chi connectivity index (χ0v) is 23.4. The molecule has 0 fully saturated rings. The highest BCUT2D eigenvalue weighted by Gasteiger charge is 2.25. The summed E-state index contributed by atoms with van der Waals surface area (Å²) in [6.45, 7) is 0. The van der Waals surface area contributed by atoms with Gasteiger partial charge in [0.1, 0.15) is 15.9 Å². The second kappa shape index (κ2) is 9.39. The van der Waals surface area contributed by atoms with Gasteiger partial charge in [0.2, 0.25) is 0 Å². The van der Waals surface area contributed by atoms with Crippen molar-refractivity contribution in [2.75, 3.05) is 0 Å². The maximum absolute atomic E-state index is 13.3. The second-order valence-corrected chi connectivity index (χ2v) is 11.9. The first kappa shape index (κ1) is 23.6. The monoisotopic (exact) mass is 773 g/mol. The van der Waals surface area contributed by atoms with Crippen LogP contribution in [-0.2, 0) is 23.0 Å². The number of esters is 1. The Morgan fingerprint density at radius 3 is 2.10 bits per heavy atom. The van der Waals surface area contributed by atoms with Gasteiger partial charge in [-0.25, -0.2) is 13.2 Å². The topological polar surface area (TPSA) is 83.5 Å². The molecule has 1 aliphatic rings. The molecule has 0 unspecified atom stereocenters. The van der Waals surface area contributed by atoms with E-state index in [0.29, 0.717) is 35.3 Å². The fraction of sp³-hybridized carbons (Fsp3) is 0.227. The summed E-state index contributed by atoms with van der Waals surface area (Å²) < 4.78 is 43.7. The number of rotatable bonds is 3. The number of halogens is 3. The minimum Gasteiger partial charge on any atom is -0.744 e. The molecular weight excluding hydrogens is 757 g/mol. The molecule has 0 radical (unpaired) electrons. The average Bonchev–Trinajstić information content (AvgIpc) is 2.98. The van der Waals surface area contributed by atoms with Gasteiger partial charge in [-0.15, -0.1) is 0 Å². The smallest absolute Gasteiger partial charge is 0.345 e. The van der Waals surface area contributed by atoms with E-state index in [0.717, 1.165) is 40.7 Å². The molecule has 0 bridgehead atoms. The molecule has 4 rings (SSSR count). The van der Waals surface area contributed by atoms with Gasteiger partial charge in [0.05, 0.1) is 10.5 Å². The standard InChI is InChI=1S/C22H17I3O5S/c23-19-14-8-4-5-9-15(14)20(24)21(25)18(19)22(26)30-16-10-11-17(31(27,28)29)13-7-3-1-2-6-12(13)16/h4-5,8-11H,1-3,6-7H2,(H,27,28,29)/p-1. The van der Waals surface area contributed by atoms with Gasteiger partial charge >= 0.3 is 5.97 Å². The van der Waals surface area contributed by atoms with Crippen LogP contribution in [0.25, 0.3) is 10.8 Å². The fourth-order valence-corrected chi connectivity index (χ4v) is 7.72. The molecule has 0 aromatic heterocycles. The molecule has 9 heteroatoms. The summed E-state index contributed by atoms with van der Waals surface area (Å²) in [4.78, 5) is 13.1. The summed E-state index contributed by atoms with van der Waals surface area (Å²) in [6.07, 6.45) is 3.64. The Balaban J connectivity index is 1.82. The van der Waals surface area contributed by atoms with Gasteiger partial charge < -0.3 is 9.29 Å². The van der Waals surface area contributed by atoms with Crippen LogP contribution in [0.1, 0.15) is 40.7 Å². The summed E-state index contributed by atoms with van der Waals surface area (Å²) in [7, 11) is -4.60. The Labute approximate surface area is 221 Å². The number of ether oxygens (including phenoxy) is 1. The summed E-state index contributed by atoms with van der Waals surface area (Å²) in [5, 5.41) is 2.05. The van der Waals surface area contributed by atoms with E-state index in [1.165, 1.54) is 12.1 Å². The number of hydrogen-bond acceptors (Lipinski definition) is 5. The molecule has 0 N–H and O–H groups in total.